The van der Waals surface area contributed by atoms with Crippen molar-refractivity contribution in [2.75, 3.05) is 7.05 Å². The van der Waals surface area contributed by atoms with E-state index in [0.717, 1.165) is 0 Å². The molecule has 0 fully saturated rings. The maximum absolute atomic E-state index is 15.5. The van der Waals surface area contributed by atoms with Crippen LogP contribution in [0.2, 0.25) is 5.02 Å². The highest BCUT2D eigenvalue weighted by molar-refractivity contribution is 6.39. The van der Waals surface area contributed by atoms with Gasteiger partial charge < -0.3 is 11.5 Å². The van der Waals surface area contributed by atoms with Crippen LogP contribution in [0.25, 0.3) is 27.1 Å². The quantitative estimate of drug-likeness (QED) is 0.400. The first-order valence-corrected chi connectivity index (χ1v) is 10.3. The molecule has 164 valence electrons. The number of benzene rings is 3. The van der Waals surface area contributed by atoms with Crippen molar-refractivity contribution in [2.24, 2.45) is 16.5 Å². The van der Waals surface area contributed by atoms with Crippen molar-refractivity contribution in [2.45, 2.75) is 6.54 Å². The van der Waals surface area contributed by atoms with Crippen molar-refractivity contribution in [3.8, 4) is 6.07 Å². The van der Waals surface area contributed by atoms with E-state index in [4.69, 9.17) is 23.1 Å². The minimum atomic E-state index is -0.770. The molecular formula is C24H18ClFN6O. The number of hydrogen-bond donors (Lipinski definition) is 3. The molecule has 0 saturated heterocycles. The number of rotatable bonds is 4. The summed E-state index contributed by atoms with van der Waals surface area (Å²) in [5.74, 6) is -0.770. The first-order valence-electron chi connectivity index (χ1n) is 9.87. The number of nitrogens with two attached hydrogens (primary N) is 2. The van der Waals surface area contributed by atoms with Crippen LogP contribution in [-0.2, 0) is 6.54 Å². The Kier molecular flexibility index (Phi) is 5.92. The van der Waals surface area contributed by atoms with Crippen molar-refractivity contribution >= 4 is 44.4 Å². The Bertz CT molecular complexity index is 1580. The number of nitriles is 1. The lowest BCUT2D eigenvalue weighted by Gasteiger charge is -2.17. The van der Waals surface area contributed by atoms with Gasteiger partial charge in [-0.25, -0.2) is 9.49 Å². The number of allylic oxidation sites excluding steroid dienone is 1. The van der Waals surface area contributed by atoms with Crippen LogP contribution >= 0.6 is 11.6 Å². The number of aliphatic imine (C=N–C) groups is 1. The summed E-state index contributed by atoms with van der Waals surface area (Å²) in [6, 6.07) is 13.9. The standard InChI is InChI=1S/C24H18ClFN6O/c1-30-23(20-18(10-28)13-4-2-3-5-14(13)21(25)22(20)26)17(9-27)12-6-7-15-16(8-12)19(11-29)31-32-24(15)33/h2-9H,11,27,29H2,1H3,(H,32,33)/b17-9-,30-23?. The Morgan fingerprint density at radius 2 is 1.97 bits per heavy atom. The summed E-state index contributed by atoms with van der Waals surface area (Å²) in [6.45, 7) is 0.0978. The van der Waals surface area contributed by atoms with E-state index in [2.05, 4.69) is 21.3 Å². The highest BCUT2D eigenvalue weighted by Gasteiger charge is 2.25. The molecule has 0 unspecified atom stereocenters. The summed E-state index contributed by atoms with van der Waals surface area (Å²) in [5, 5.41) is 18.1. The molecule has 7 nitrogen and oxygen atoms in total. The molecule has 0 aliphatic heterocycles. The molecular weight excluding hydrogens is 443 g/mol. The van der Waals surface area contributed by atoms with Crippen molar-refractivity contribution < 1.29 is 4.39 Å². The van der Waals surface area contributed by atoms with Crippen molar-refractivity contribution in [1.29, 1.82) is 5.26 Å². The first kappa shape index (κ1) is 22.1. The maximum Gasteiger partial charge on any atom is 0.272 e. The van der Waals surface area contributed by atoms with Gasteiger partial charge in [0.2, 0.25) is 0 Å². The Morgan fingerprint density at radius 1 is 1.24 bits per heavy atom. The van der Waals surface area contributed by atoms with E-state index in [0.29, 0.717) is 38.4 Å². The van der Waals surface area contributed by atoms with Crippen LogP contribution in [0.4, 0.5) is 4.39 Å². The number of aromatic nitrogens is 2. The first-order chi connectivity index (χ1) is 16.0. The third-order valence-electron chi connectivity index (χ3n) is 5.46. The summed E-state index contributed by atoms with van der Waals surface area (Å²) >= 11 is 6.34. The van der Waals surface area contributed by atoms with Crippen molar-refractivity contribution in [3.63, 3.8) is 0 Å². The summed E-state index contributed by atoms with van der Waals surface area (Å²) in [6.07, 6.45) is 1.27. The van der Waals surface area contributed by atoms with Crippen LogP contribution < -0.4 is 17.0 Å². The van der Waals surface area contributed by atoms with Gasteiger partial charge in [-0.05, 0) is 17.7 Å². The average molecular weight is 461 g/mol. The van der Waals surface area contributed by atoms with Gasteiger partial charge in [-0.3, -0.25) is 9.79 Å². The molecule has 0 radical (unpaired) electrons. The molecule has 0 bridgehead atoms. The molecule has 9 heteroatoms. The predicted octanol–water partition coefficient (Wildman–Crippen LogP) is 3.62. The normalized spacial score (nSPS) is 12.3. The Morgan fingerprint density at radius 3 is 2.61 bits per heavy atom. The van der Waals surface area contributed by atoms with Gasteiger partial charge in [-0.15, -0.1) is 0 Å². The molecule has 4 rings (SSSR count). The van der Waals surface area contributed by atoms with Gasteiger partial charge >= 0.3 is 0 Å². The van der Waals surface area contributed by atoms with Crippen LogP contribution in [-0.4, -0.2) is 23.0 Å². The van der Waals surface area contributed by atoms with Gasteiger partial charge in [-0.2, -0.15) is 10.4 Å². The molecule has 4 aromatic rings. The minimum Gasteiger partial charge on any atom is -0.404 e. The second-order valence-electron chi connectivity index (χ2n) is 7.15. The molecule has 1 aromatic heterocycles. The Hall–Kier alpha value is -4.06. The fourth-order valence-electron chi connectivity index (χ4n) is 3.93. The third-order valence-corrected chi connectivity index (χ3v) is 5.83. The lowest BCUT2D eigenvalue weighted by molar-refractivity contribution is 0.627. The number of H-pyrrole nitrogens is 1. The zero-order chi connectivity index (χ0) is 23.7. The Labute approximate surface area is 192 Å². The largest absolute Gasteiger partial charge is 0.404 e. The summed E-state index contributed by atoms with van der Waals surface area (Å²) in [5.41, 5.74) is 12.9. The van der Waals surface area contributed by atoms with Gasteiger partial charge in [0.05, 0.1) is 32.9 Å². The molecule has 0 aliphatic carbocycles. The number of nitrogens with zero attached hydrogens (tertiary/aromatic N) is 3. The molecule has 3 aromatic carbocycles. The average Bonchev–Trinajstić information content (AvgIpc) is 2.85. The molecule has 0 atom stereocenters. The van der Waals surface area contributed by atoms with Crippen LogP contribution in [0.5, 0.6) is 0 Å². The maximum atomic E-state index is 15.5. The Balaban J connectivity index is 2.01. The van der Waals surface area contributed by atoms with E-state index in [9.17, 15) is 10.1 Å². The fourth-order valence-corrected chi connectivity index (χ4v) is 4.18. The number of aromatic amines is 1. The monoisotopic (exact) mass is 460 g/mol. The second-order valence-corrected chi connectivity index (χ2v) is 7.53. The number of fused-ring (bicyclic) bond motifs is 2. The van der Waals surface area contributed by atoms with Gasteiger partial charge in [-0.1, -0.05) is 41.9 Å². The number of hydrogen-bond acceptors (Lipinski definition) is 6. The predicted molar refractivity (Wildman–Crippen MR) is 129 cm³/mol. The van der Waals surface area contributed by atoms with Crippen LogP contribution in [0.3, 0.4) is 0 Å². The van der Waals surface area contributed by atoms with Crippen LogP contribution in [0, 0.1) is 17.1 Å². The summed E-state index contributed by atoms with van der Waals surface area (Å²) in [4.78, 5) is 16.5. The molecule has 5 N–H and O–H groups in total. The van der Waals surface area contributed by atoms with Gasteiger partial charge in [0.25, 0.3) is 5.56 Å². The molecule has 0 amide bonds. The highest BCUT2D eigenvalue weighted by atomic mass is 35.5. The van der Waals surface area contributed by atoms with Gasteiger partial charge in [0, 0.05) is 41.5 Å². The van der Waals surface area contributed by atoms with Crippen molar-refractivity contribution in [1.82, 2.24) is 10.2 Å². The molecule has 0 spiro atoms. The highest BCUT2D eigenvalue weighted by Crippen LogP contribution is 2.36. The molecule has 1 heterocycles. The summed E-state index contributed by atoms with van der Waals surface area (Å²) in [7, 11) is 1.47. The van der Waals surface area contributed by atoms with E-state index in [1.807, 2.05) is 0 Å². The molecule has 33 heavy (non-hydrogen) atoms. The molecule has 0 saturated carbocycles. The number of halogens is 2. The third kappa shape index (κ3) is 3.53. The molecule has 0 aliphatic rings. The SMILES string of the molecule is CN=C(/C(=C\N)c1ccc2c(=O)[nH]nc(CN)c2c1)c1c(F)c(Cl)c2ccccc2c1C#N. The second kappa shape index (κ2) is 8.82. The number of nitrogens with one attached hydrogen (secondary N) is 1. The zero-order valence-electron chi connectivity index (χ0n) is 17.5. The fraction of sp³-hybridized carbons (Fsp3) is 0.0833. The zero-order valence-corrected chi connectivity index (χ0v) is 18.2. The minimum absolute atomic E-state index is 0.0522. The lowest BCUT2D eigenvalue weighted by atomic mass is 9.89. The topological polar surface area (TPSA) is 134 Å². The lowest BCUT2D eigenvalue weighted by Crippen LogP contribution is -2.15. The smallest absolute Gasteiger partial charge is 0.272 e. The van der Waals surface area contributed by atoms with E-state index in [1.54, 1.807) is 42.5 Å². The van der Waals surface area contributed by atoms with E-state index >= 15 is 4.39 Å². The van der Waals surface area contributed by atoms with E-state index in [1.165, 1.54) is 13.2 Å². The van der Waals surface area contributed by atoms with Crippen LogP contribution in [0.15, 0.2) is 58.5 Å². The van der Waals surface area contributed by atoms with E-state index < -0.39 is 5.82 Å². The van der Waals surface area contributed by atoms with Crippen LogP contribution in [0.1, 0.15) is 22.4 Å². The van der Waals surface area contributed by atoms with Gasteiger partial charge in [0.15, 0.2) is 5.82 Å². The summed E-state index contributed by atoms with van der Waals surface area (Å²) < 4.78 is 15.5. The van der Waals surface area contributed by atoms with Crippen molar-refractivity contribution in [3.05, 3.63) is 92.2 Å². The van der Waals surface area contributed by atoms with E-state index in [-0.39, 0.29) is 34.0 Å². The van der Waals surface area contributed by atoms with Gasteiger partial charge in [0.1, 0.15) is 6.07 Å².